The molecule has 0 aromatic carbocycles. The van der Waals surface area contributed by atoms with Crippen molar-refractivity contribution in [3.8, 4) is 0 Å². The zero-order valence-electron chi connectivity index (χ0n) is 47.0. The van der Waals surface area contributed by atoms with Crippen LogP contribution in [0.15, 0.2) is 36.5 Å². The Hall–Kier alpha value is -1.92. The molecule has 2 unspecified atom stereocenters. The summed E-state index contributed by atoms with van der Waals surface area (Å²) in [5.74, 6) is -0.0885. The summed E-state index contributed by atoms with van der Waals surface area (Å²) in [6.45, 7) is 4.87. The van der Waals surface area contributed by atoms with E-state index in [1.54, 1.807) is 6.08 Å². The monoisotopic (exact) mass is 984 g/mol. The molecule has 6 heteroatoms. The van der Waals surface area contributed by atoms with Gasteiger partial charge in [0.2, 0.25) is 5.91 Å². The Bertz CT molecular complexity index is 1130. The minimum Gasteiger partial charge on any atom is -0.466 e. The van der Waals surface area contributed by atoms with Gasteiger partial charge in [0.25, 0.3) is 0 Å². The number of aliphatic hydroxyl groups excluding tert-OH is 2. The number of nitrogens with one attached hydrogen (secondary N) is 1. The van der Waals surface area contributed by atoms with Gasteiger partial charge in [-0.05, 0) is 64.2 Å². The maximum absolute atomic E-state index is 12.5. The molecule has 412 valence electrons. The SMILES string of the molecule is CCCCC/C=C\C/C=C\CCCCCCCCCCCC(=O)OCCCCCCCCCCCCCCCC(=O)NC(CO)C(O)/C=C/CCCCCCCCCCCCCCCCCCCCC. The molecule has 0 saturated heterocycles. The van der Waals surface area contributed by atoms with Crippen molar-refractivity contribution in [1.29, 1.82) is 0 Å². The molecule has 0 heterocycles. The Balaban J connectivity index is 3.47. The Labute approximate surface area is 436 Å². The number of rotatable bonds is 58. The highest BCUT2D eigenvalue weighted by molar-refractivity contribution is 5.76. The van der Waals surface area contributed by atoms with Crippen LogP contribution in [0.3, 0.4) is 0 Å². The second-order valence-electron chi connectivity index (χ2n) is 21.4. The van der Waals surface area contributed by atoms with Gasteiger partial charge in [-0.3, -0.25) is 9.59 Å². The van der Waals surface area contributed by atoms with Crippen molar-refractivity contribution < 1.29 is 24.5 Å². The maximum Gasteiger partial charge on any atom is 0.305 e. The van der Waals surface area contributed by atoms with E-state index in [-0.39, 0.29) is 18.5 Å². The van der Waals surface area contributed by atoms with Gasteiger partial charge < -0.3 is 20.3 Å². The molecule has 2 atom stereocenters. The second kappa shape index (κ2) is 59.6. The van der Waals surface area contributed by atoms with Gasteiger partial charge in [-0.1, -0.05) is 294 Å². The smallest absolute Gasteiger partial charge is 0.305 e. The van der Waals surface area contributed by atoms with Crippen LogP contribution in [0, 0.1) is 0 Å². The normalized spacial score (nSPS) is 12.8. The standard InChI is InChI=1S/C64H121NO5/c1-3-5-7-9-11-13-15-17-19-21-23-24-26-27-29-32-36-40-44-48-52-56-62(67)61(60-66)65-63(68)57-53-49-45-41-37-33-31-35-39-43-47-51-55-59-70-64(69)58-54-50-46-42-38-34-30-28-25-22-20-18-16-14-12-10-8-6-4-2/h12,14,18,20,52,56,61-62,66-67H,3-11,13,15-17,19,21-51,53-55,57-60H2,1-2H3,(H,65,68)/b14-12-,20-18-,56-52+. The predicted octanol–water partition coefficient (Wildman–Crippen LogP) is 19.6. The van der Waals surface area contributed by atoms with E-state index < -0.39 is 12.1 Å². The summed E-state index contributed by atoms with van der Waals surface area (Å²) in [6, 6.07) is -0.639. The molecule has 0 aliphatic carbocycles. The summed E-state index contributed by atoms with van der Waals surface area (Å²) in [7, 11) is 0. The number of amides is 1. The van der Waals surface area contributed by atoms with Gasteiger partial charge in [0.15, 0.2) is 0 Å². The molecule has 6 nitrogen and oxygen atoms in total. The summed E-state index contributed by atoms with van der Waals surface area (Å²) >= 11 is 0. The second-order valence-corrected chi connectivity index (χ2v) is 21.4. The molecule has 0 radical (unpaired) electrons. The van der Waals surface area contributed by atoms with Crippen molar-refractivity contribution in [1.82, 2.24) is 5.32 Å². The van der Waals surface area contributed by atoms with Crippen molar-refractivity contribution in [2.24, 2.45) is 0 Å². The van der Waals surface area contributed by atoms with E-state index in [1.165, 1.54) is 244 Å². The molecule has 0 aliphatic rings. The number of hydrogen-bond donors (Lipinski definition) is 3. The van der Waals surface area contributed by atoms with E-state index >= 15 is 0 Å². The number of carbonyl (C=O) groups excluding carboxylic acids is 2. The lowest BCUT2D eigenvalue weighted by atomic mass is 10.0. The van der Waals surface area contributed by atoms with Gasteiger partial charge in [-0.15, -0.1) is 0 Å². The van der Waals surface area contributed by atoms with Gasteiger partial charge in [-0.2, -0.15) is 0 Å². The molecule has 0 aromatic rings. The lowest BCUT2D eigenvalue weighted by Gasteiger charge is -2.20. The number of unbranched alkanes of at least 4 members (excludes halogenated alkanes) is 43. The number of allylic oxidation sites excluding steroid dienone is 5. The molecule has 0 aromatic heterocycles. The fourth-order valence-electron chi connectivity index (χ4n) is 9.61. The lowest BCUT2D eigenvalue weighted by molar-refractivity contribution is -0.143. The molecule has 70 heavy (non-hydrogen) atoms. The van der Waals surface area contributed by atoms with Gasteiger partial charge in [-0.25, -0.2) is 0 Å². The average Bonchev–Trinajstić information content (AvgIpc) is 3.36. The fraction of sp³-hybridized carbons (Fsp3) is 0.875. The van der Waals surface area contributed by atoms with Crippen LogP contribution in [0.25, 0.3) is 0 Å². The first kappa shape index (κ1) is 68.1. The molecule has 0 saturated carbocycles. The average molecular weight is 985 g/mol. The minimum atomic E-state index is -0.855. The molecule has 0 fully saturated rings. The minimum absolute atomic E-state index is 0.0101. The summed E-state index contributed by atoms with van der Waals surface area (Å²) in [5.41, 5.74) is 0. The molecule has 0 bridgehead atoms. The number of hydrogen-bond acceptors (Lipinski definition) is 5. The fourth-order valence-corrected chi connectivity index (χ4v) is 9.61. The van der Waals surface area contributed by atoms with E-state index in [0.29, 0.717) is 19.4 Å². The first-order chi connectivity index (χ1) is 34.5. The number of ether oxygens (including phenoxy) is 1. The van der Waals surface area contributed by atoms with E-state index in [9.17, 15) is 19.8 Å². The number of esters is 1. The van der Waals surface area contributed by atoms with Crippen LogP contribution in [0.5, 0.6) is 0 Å². The molecular weight excluding hydrogens is 863 g/mol. The highest BCUT2D eigenvalue weighted by Crippen LogP contribution is 2.17. The Morgan fingerprint density at radius 1 is 0.400 bits per heavy atom. The third-order valence-corrected chi connectivity index (χ3v) is 14.4. The molecule has 3 N–H and O–H groups in total. The topological polar surface area (TPSA) is 95.9 Å². The van der Waals surface area contributed by atoms with Crippen LogP contribution >= 0.6 is 0 Å². The lowest BCUT2D eigenvalue weighted by Crippen LogP contribution is -2.45. The number of aliphatic hydroxyl groups is 2. The molecule has 0 aliphatic heterocycles. The highest BCUT2D eigenvalue weighted by Gasteiger charge is 2.18. The summed E-state index contributed by atoms with van der Waals surface area (Å²) < 4.78 is 5.49. The zero-order chi connectivity index (χ0) is 50.7. The first-order valence-corrected chi connectivity index (χ1v) is 31.3. The largest absolute Gasteiger partial charge is 0.466 e. The summed E-state index contributed by atoms with van der Waals surface area (Å²) in [4.78, 5) is 24.6. The third kappa shape index (κ3) is 55.4. The van der Waals surface area contributed by atoms with Crippen molar-refractivity contribution >= 4 is 11.9 Å². The molecule has 0 spiro atoms. The van der Waals surface area contributed by atoms with Gasteiger partial charge in [0.1, 0.15) is 0 Å². The van der Waals surface area contributed by atoms with Crippen LogP contribution in [0.2, 0.25) is 0 Å². The van der Waals surface area contributed by atoms with E-state index in [4.69, 9.17) is 4.74 Å². The van der Waals surface area contributed by atoms with Crippen LogP contribution in [0.1, 0.15) is 335 Å². The molecule has 0 rings (SSSR count). The van der Waals surface area contributed by atoms with E-state index in [2.05, 4.69) is 43.5 Å². The quantitative estimate of drug-likeness (QED) is 0.0321. The Kier molecular flexibility index (Phi) is 58.0. The predicted molar refractivity (Wildman–Crippen MR) is 306 cm³/mol. The first-order valence-electron chi connectivity index (χ1n) is 31.3. The highest BCUT2D eigenvalue weighted by atomic mass is 16.5. The summed E-state index contributed by atoms with van der Waals surface area (Å²) in [5, 5.41) is 23.2. The molecule has 1 amide bonds. The van der Waals surface area contributed by atoms with Crippen LogP contribution in [0.4, 0.5) is 0 Å². The molecular formula is C64H121NO5. The van der Waals surface area contributed by atoms with E-state index in [0.717, 1.165) is 64.2 Å². The van der Waals surface area contributed by atoms with Gasteiger partial charge in [0, 0.05) is 12.8 Å². The van der Waals surface area contributed by atoms with E-state index in [1.807, 2.05) is 6.08 Å². The Morgan fingerprint density at radius 3 is 1.11 bits per heavy atom. The van der Waals surface area contributed by atoms with Crippen molar-refractivity contribution in [2.75, 3.05) is 13.2 Å². The van der Waals surface area contributed by atoms with Crippen LogP contribution in [-0.4, -0.2) is 47.4 Å². The zero-order valence-corrected chi connectivity index (χ0v) is 47.0. The van der Waals surface area contributed by atoms with Crippen molar-refractivity contribution in [3.63, 3.8) is 0 Å². The summed E-state index contributed by atoms with van der Waals surface area (Å²) in [6.07, 6.45) is 74.6. The number of carbonyl (C=O) groups is 2. The van der Waals surface area contributed by atoms with Crippen LogP contribution < -0.4 is 5.32 Å². The van der Waals surface area contributed by atoms with Crippen molar-refractivity contribution in [2.45, 2.75) is 347 Å². The Morgan fingerprint density at radius 2 is 0.714 bits per heavy atom. The van der Waals surface area contributed by atoms with Gasteiger partial charge in [0.05, 0.1) is 25.4 Å². The van der Waals surface area contributed by atoms with Gasteiger partial charge >= 0.3 is 5.97 Å². The van der Waals surface area contributed by atoms with Crippen molar-refractivity contribution in [3.05, 3.63) is 36.5 Å². The third-order valence-electron chi connectivity index (χ3n) is 14.4. The maximum atomic E-state index is 12.5. The van der Waals surface area contributed by atoms with Crippen LogP contribution in [-0.2, 0) is 14.3 Å².